The number of rotatable bonds is 6. The van der Waals surface area contributed by atoms with Crippen molar-refractivity contribution in [1.82, 2.24) is 0 Å². The van der Waals surface area contributed by atoms with Gasteiger partial charge in [-0.3, -0.25) is 9.00 Å². The van der Waals surface area contributed by atoms with E-state index in [-0.39, 0.29) is 5.78 Å². The minimum atomic E-state index is -1.09. The third-order valence-electron chi connectivity index (χ3n) is 2.48. The Balaban J connectivity index is 2.60. The number of ketones is 1. The SMILES string of the molecule is CC(C)CCS(=O)C(C)C(=O)c1ccc(Cl)s1. The van der Waals surface area contributed by atoms with Crippen LogP contribution in [-0.4, -0.2) is 21.0 Å². The summed E-state index contributed by atoms with van der Waals surface area (Å²) in [5, 5.41) is -0.441. The van der Waals surface area contributed by atoms with Crippen LogP contribution in [0.25, 0.3) is 0 Å². The molecule has 0 saturated carbocycles. The van der Waals surface area contributed by atoms with Crippen LogP contribution < -0.4 is 0 Å². The lowest BCUT2D eigenvalue weighted by atomic mass is 10.2. The highest BCUT2D eigenvalue weighted by molar-refractivity contribution is 7.86. The van der Waals surface area contributed by atoms with Gasteiger partial charge in [-0.05, 0) is 31.4 Å². The maximum absolute atomic E-state index is 12.0. The van der Waals surface area contributed by atoms with Crippen molar-refractivity contribution in [2.75, 3.05) is 5.75 Å². The summed E-state index contributed by atoms with van der Waals surface area (Å²) in [6, 6.07) is 3.40. The maximum atomic E-state index is 12.0. The quantitative estimate of drug-likeness (QED) is 0.748. The Morgan fingerprint density at radius 2 is 2.06 bits per heavy atom. The van der Waals surface area contributed by atoms with E-state index in [2.05, 4.69) is 13.8 Å². The molecule has 0 spiro atoms. The van der Waals surface area contributed by atoms with Crippen LogP contribution in [0.2, 0.25) is 4.34 Å². The van der Waals surface area contributed by atoms with Gasteiger partial charge in [0, 0.05) is 16.6 Å². The van der Waals surface area contributed by atoms with Crippen molar-refractivity contribution in [3.8, 4) is 0 Å². The molecule has 96 valence electrons. The Labute approximate surface area is 114 Å². The van der Waals surface area contributed by atoms with Gasteiger partial charge in [-0.15, -0.1) is 11.3 Å². The first-order chi connectivity index (χ1) is 7.91. The van der Waals surface area contributed by atoms with Crippen LogP contribution in [0, 0.1) is 5.92 Å². The average molecular weight is 293 g/mol. The molecular formula is C12H17ClO2S2. The van der Waals surface area contributed by atoms with Crippen molar-refractivity contribution in [3.63, 3.8) is 0 Å². The van der Waals surface area contributed by atoms with E-state index in [0.717, 1.165) is 6.42 Å². The van der Waals surface area contributed by atoms with Crippen LogP contribution in [-0.2, 0) is 10.8 Å². The minimum Gasteiger partial charge on any atom is -0.292 e. The van der Waals surface area contributed by atoms with Crippen molar-refractivity contribution < 1.29 is 9.00 Å². The molecule has 1 heterocycles. The molecule has 0 saturated heterocycles. The Morgan fingerprint density at radius 3 is 2.53 bits per heavy atom. The van der Waals surface area contributed by atoms with Crippen LogP contribution in [0.1, 0.15) is 36.9 Å². The fourth-order valence-corrected chi connectivity index (χ4v) is 3.86. The Bertz CT molecular complexity index is 412. The van der Waals surface area contributed by atoms with Crippen LogP contribution in [0.5, 0.6) is 0 Å². The van der Waals surface area contributed by atoms with E-state index < -0.39 is 16.0 Å². The Hall–Kier alpha value is -0.190. The van der Waals surface area contributed by atoms with Gasteiger partial charge in [-0.25, -0.2) is 0 Å². The van der Waals surface area contributed by atoms with Gasteiger partial charge < -0.3 is 0 Å². The van der Waals surface area contributed by atoms with E-state index in [1.165, 1.54) is 11.3 Å². The molecule has 0 radical (unpaired) electrons. The number of hydrogen-bond acceptors (Lipinski definition) is 3. The third kappa shape index (κ3) is 4.53. The summed E-state index contributed by atoms with van der Waals surface area (Å²) < 4.78 is 12.5. The number of Topliss-reactive ketones (excluding diaryl/α,β-unsaturated/α-hetero) is 1. The summed E-state index contributed by atoms with van der Waals surface area (Å²) >= 11 is 7.03. The fourth-order valence-electron chi connectivity index (χ4n) is 1.30. The summed E-state index contributed by atoms with van der Waals surface area (Å²) in [7, 11) is -1.09. The smallest absolute Gasteiger partial charge is 0.188 e. The van der Waals surface area contributed by atoms with Crippen LogP contribution >= 0.6 is 22.9 Å². The molecule has 17 heavy (non-hydrogen) atoms. The molecule has 0 aliphatic heterocycles. The largest absolute Gasteiger partial charge is 0.292 e. The summed E-state index contributed by atoms with van der Waals surface area (Å²) in [5.74, 6) is 1.03. The highest BCUT2D eigenvalue weighted by atomic mass is 35.5. The number of halogens is 1. The lowest BCUT2D eigenvalue weighted by Gasteiger charge is -2.10. The second kappa shape index (κ2) is 6.66. The molecular weight excluding hydrogens is 276 g/mol. The zero-order valence-electron chi connectivity index (χ0n) is 10.2. The highest BCUT2D eigenvalue weighted by Gasteiger charge is 2.22. The van der Waals surface area contributed by atoms with Gasteiger partial charge >= 0.3 is 0 Å². The first-order valence-electron chi connectivity index (χ1n) is 5.58. The van der Waals surface area contributed by atoms with Gasteiger partial charge in [0.2, 0.25) is 0 Å². The third-order valence-corrected chi connectivity index (χ3v) is 5.36. The first kappa shape index (κ1) is 14.9. The topological polar surface area (TPSA) is 34.1 Å². The van der Waals surface area contributed by atoms with Crippen LogP contribution in [0.3, 0.4) is 0 Å². The highest BCUT2D eigenvalue weighted by Crippen LogP contribution is 2.23. The monoisotopic (exact) mass is 292 g/mol. The molecule has 1 aromatic heterocycles. The van der Waals surface area contributed by atoms with E-state index in [0.29, 0.717) is 20.9 Å². The molecule has 0 aliphatic carbocycles. The van der Waals surface area contributed by atoms with Crippen molar-refractivity contribution in [2.45, 2.75) is 32.4 Å². The van der Waals surface area contributed by atoms with Crippen LogP contribution in [0.15, 0.2) is 12.1 Å². The molecule has 5 heteroatoms. The molecule has 1 aromatic rings. The van der Waals surface area contributed by atoms with Crippen molar-refractivity contribution >= 4 is 39.5 Å². The van der Waals surface area contributed by atoms with Gasteiger partial charge in [0.15, 0.2) is 5.78 Å². The molecule has 0 bridgehead atoms. The molecule has 1 rings (SSSR count). The van der Waals surface area contributed by atoms with Gasteiger partial charge in [0.1, 0.15) is 0 Å². The van der Waals surface area contributed by atoms with E-state index in [9.17, 15) is 9.00 Å². The fraction of sp³-hybridized carbons (Fsp3) is 0.583. The molecule has 2 nitrogen and oxygen atoms in total. The standard InChI is InChI=1S/C12H17ClO2S2/c1-8(2)6-7-17(15)9(3)12(14)10-4-5-11(13)16-10/h4-5,8-9H,6-7H2,1-3H3. The van der Waals surface area contributed by atoms with Gasteiger partial charge in [0.05, 0.1) is 14.5 Å². The predicted octanol–water partition coefficient (Wildman–Crippen LogP) is 3.77. The summed E-state index contributed by atoms with van der Waals surface area (Å²) in [6.45, 7) is 5.90. The number of hydrogen-bond donors (Lipinski definition) is 0. The number of carbonyl (C=O) groups excluding carboxylic acids is 1. The van der Waals surface area contributed by atoms with Crippen molar-refractivity contribution in [3.05, 3.63) is 21.3 Å². The number of thiophene rings is 1. The van der Waals surface area contributed by atoms with Crippen molar-refractivity contribution in [2.24, 2.45) is 5.92 Å². The zero-order valence-corrected chi connectivity index (χ0v) is 12.6. The minimum absolute atomic E-state index is 0.0658. The Morgan fingerprint density at radius 1 is 1.41 bits per heavy atom. The van der Waals surface area contributed by atoms with Crippen molar-refractivity contribution in [1.29, 1.82) is 0 Å². The summed E-state index contributed by atoms with van der Waals surface area (Å²) in [6.07, 6.45) is 0.884. The van der Waals surface area contributed by atoms with E-state index in [4.69, 9.17) is 11.6 Å². The first-order valence-corrected chi connectivity index (χ1v) is 8.16. The lowest BCUT2D eigenvalue weighted by molar-refractivity contribution is 0.0996. The summed E-state index contributed by atoms with van der Waals surface area (Å²) in [4.78, 5) is 12.6. The zero-order chi connectivity index (χ0) is 13.0. The lowest BCUT2D eigenvalue weighted by Crippen LogP contribution is -2.24. The molecule has 0 amide bonds. The molecule has 2 unspecified atom stereocenters. The summed E-state index contributed by atoms with van der Waals surface area (Å²) in [5.41, 5.74) is 0. The van der Waals surface area contributed by atoms with Crippen LogP contribution in [0.4, 0.5) is 0 Å². The predicted molar refractivity (Wildman–Crippen MR) is 75.6 cm³/mol. The second-order valence-electron chi connectivity index (χ2n) is 4.38. The molecule has 0 aliphatic rings. The normalized spacial score (nSPS) is 14.9. The molecule has 2 atom stereocenters. The Kier molecular flexibility index (Phi) is 5.83. The van der Waals surface area contributed by atoms with Gasteiger partial charge in [-0.2, -0.15) is 0 Å². The van der Waals surface area contributed by atoms with Gasteiger partial charge in [-0.1, -0.05) is 25.4 Å². The van der Waals surface area contributed by atoms with E-state index >= 15 is 0 Å². The average Bonchev–Trinajstić information content (AvgIpc) is 2.70. The molecule has 0 fully saturated rings. The second-order valence-corrected chi connectivity index (χ2v) is 7.97. The maximum Gasteiger partial charge on any atom is 0.188 e. The molecule has 0 N–H and O–H groups in total. The van der Waals surface area contributed by atoms with E-state index in [1.54, 1.807) is 19.1 Å². The number of carbonyl (C=O) groups is 1. The molecule has 0 aromatic carbocycles. The van der Waals surface area contributed by atoms with Gasteiger partial charge in [0.25, 0.3) is 0 Å². The van der Waals surface area contributed by atoms with E-state index in [1.807, 2.05) is 0 Å².